The van der Waals surface area contributed by atoms with Crippen molar-refractivity contribution in [3.63, 3.8) is 0 Å². The maximum absolute atomic E-state index is 5.77. The summed E-state index contributed by atoms with van der Waals surface area (Å²) in [5, 5.41) is 0. The highest BCUT2D eigenvalue weighted by Crippen LogP contribution is 2.11. The van der Waals surface area contributed by atoms with Crippen molar-refractivity contribution in [1.82, 2.24) is 14.5 Å². The Kier molecular flexibility index (Phi) is 4.59. The molecule has 0 amide bonds. The lowest BCUT2D eigenvalue weighted by Crippen LogP contribution is -2.22. The molecule has 4 heteroatoms. The lowest BCUT2D eigenvalue weighted by Gasteiger charge is -2.15. The number of imidazole rings is 1. The van der Waals surface area contributed by atoms with Crippen molar-refractivity contribution in [2.75, 3.05) is 13.6 Å². The number of aromatic nitrogens is 2. The molecule has 0 atom stereocenters. The predicted molar refractivity (Wildman–Crippen MR) is 71.3 cm³/mol. The highest BCUT2D eigenvalue weighted by molar-refractivity contribution is 5.07. The number of furan rings is 1. The molecular weight excluding hydrogens is 226 g/mol. The highest BCUT2D eigenvalue weighted by atomic mass is 16.3. The highest BCUT2D eigenvalue weighted by Gasteiger charge is 2.05. The van der Waals surface area contributed by atoms with Crippen LogP contribution in [0.15, 0.2) is 35.3 Å². The number of hydrogen-bond donors (Lipinski definition) is 0. The van der Waals surface area contributed by atoms with Gasteiger partial charge < -0.3 is 8.98 Å². The van der Waals surface area contributed by atoms with Gasteiger partial charge in [-0.1, -0.05) is 6.92 Å². The van der Waals surface area contributed by atoms with Gasteiger partial charge in [0.25, 0.3) is 0 Å². The maximum atomic E-state index is 5.77. The molecule has 2 rings (SSSR count). The van der Waals surface area contributed by atoms with E-state index in [0.717, 1.165) is 44.0 Å². The SMILES string of the molecule is CCCc1ccc(CN(C)CCn2ccnc2)o1. The van der Waals surface area contributed by atoms with Gasteiger partial charge in [0.1, 0.15) is 11.5 Å². The number of nitrogens with zero attached hydrogens (tertiary/aromatic N) is 3. The van der Waals surface area contributed by atoms with Gasteiger partial charge in [0.05, 0.1) is 12.9 Å². The quantitative estimate of drug-likeness (QED) is 0.754. The van der Waals surface area contributed by atoms with E-state index in [1.54, 1.807) is 0 Å². The second-order valence-corrected chi connectivity index (χ2v) is 4.66. The molecule has 0 unspecified atom stereocenters. The van der Waals surface area contributed by atoms with E-state index in [0.29, 0.717) is 0 Å². The van der Waals surface area contributed by atoms with Crippen LogP contribution in [0.1, 0.15) is 24.9 Å². The second kappa shape index (κ2) is 6.40. The standard InChI is InChI=1S/C14H21N3O/c1-3-4-13-5-6-14(18-13)11-16(2)9-10-17-8-7-15-12-17/h5-8,12H,3-4,9-11H2,1-2H3. The summed E-state index contributed by atoms with van der Waals surface area (Å²) in [4.78, 5) is 6.29. The van der Waals surface area contributed by atoms with Crippen LogP contribution < -0.4 is 0 Å². The van der Waals surface area contributed by atoms with E-state index in [1.807, 2.05) is 18.7 Å². The molecule has 98 valence electrons. The van der Waals surface area contributed by atoms with Crippen LogP contribution in [-0.4, -0.2) is 28.0 Å². The third-order valence-electron chi connectivity index (χ3n) is 2.94. The number of aryl methyl sites for hydroxylation is 1. The Morgan fingerprint density at radius 2 is 2.17 bits per heavy atom. The van der Waals surface area contributed by atoms with Crippen molar-refractivity contribution >= 4 is 0 Å². The van der Waals surface area contributed by atoms with Gasteiger partial charge in [-0.15, -0.1) is 0 Å². The minimum absolute atomic E-state index is 0.860. The monoisotopic (exact) mass is 247 g/mol. The molecule has 2 aromatic rings. The zero-order valence-electron chi connectivity index (χ0n) is 11.2. The van der Waals surface area contributed by atoms with E-state index in [1.165, 1.54) is 0 Å². The lowest BCUT2D eigenvalue weighted by molar-refractivity contribution is 0.280. The first-order valence-corrected chi connectivity index (χ1v) is 6.50. The van der Waals surface area contributed by atoms with E-state index in [2.05, 4.69) is 40.6 Å². The molecule has 18 heavy (non-hydrogen) atoms. The second-order valence-electron chi connectivity index (χ2n) is 4.66. The first kappa shape index (κ1) is 12.9. The summed E-state index contributed by atoms with van der Waals surface area (Å²) in [6.45, 7) is 4.97. The molecule has 0 N–H and O–H groups in total. The van der Waals surface area contributed by atoms with Gasteiger partial charge in [0.2, 0.25) is 0 Å². The number of rotatable bonds is 7. The Hall–Kier alpha value is -1.55. The van der Waals surface area contributed by atoms with Crippen molar-refractivity contribution in [3.05, 3.63) is 42.4 Å². The van der Waals surface area contributed by atoms with Crippen LogP contribution in [0.2, 0.25) is 0 Å². The Morgan fingerprint density at radius 3 is 2.89 bits per heavy atom. The van der Waals surface area contributed by atoms with Crippen molar-refractivity contribution in [2.45, 2.75) is 32.9 Å². The Morgan fingerprint density at radius 1 is 1.33 bits per heavy atom. The molecule has 2 heterocycles. The van der Waals surface area contributed by atoms with Gasteiger partial charge in [-0.2, -0.15) is 0 Å². The fourth-order valence-electron chi connectivity index (χ4n) is 1.94. The molecule has 0 saturated heterocycles. The Balaban J connectivity index is 1.77. The van der Waals surface area contributed by atoms with Gasteiger partial charge in [-0.05, 0) is 25.6 Å². The van der Waals surface area contributed by atoms with Crippen LogP contribution in [-0.2, 0) is 19.5 Å². The molecule has 2 aromatic heterocycles. The summed E-state index contributed by atoms with van der Waals surface area (Å²) < 4.78 is 7.86. The number of hydrogen-bond acceptors (Lipinski definition) is 3. The van der Waals surface area contributed by atoms with E-state index in [-0.39, 0.29) is 0 Å². The molecule has 0 spiro atoms. The predicted octanol–water partition coefficient (Wildman–Crippen LogP) is 2.56. The summed E-state index contributed by atoms with van der Waals surface area (Å²) >= 11 is 0. The molecule has 0 radical (unpaired) electrons. The topological polar surface area (TPSA) is 34.2 Å². The van der Waals surface area contributed by atoms with Gasteiger partial charge in [0, 0.05) is 31.9 Å². The smallest absolute Gasteiger partial charge is 0.118 e. The van der Waals surface area contributed by atoms with Crippen molar-refractivity contribution in [2.24, 2.45) is 0 Å². The molecular formula is C14H21N3O. The normalized spacial score (nSPS) is 11.3. The lowest BCUT2D eigenvalue weighted by atomic mass is 10.3. The van der Waals surface area contributed by atoms with E-state index in [4.69, 9.17) is 4.42 Å². The minimum atomic E-state index is 0.860. The third-order valence-corrected chi connectivity index (χ3v) is 2.94. The van der Waals surface area contributed by atoms with Crippen LogP contribution in [0.5, 0.6) is 0 Å². The zero-order valence-corrected chi connectivity index (χ0v) is 11.2. The van der Waals surface area contributed by atoms with Crippen LogP contribution in [0, 0.1) is 0 Å². The van der Waals surface area contributed by atoms with Crippen LogP contribution in [0.4, 0.5) is 0 Å². The molecule has 0 aliphatic heterocycles. The van der Waals surface area contributed by atoms with Crippen LogP contribution in [0.25, 0.3) is 0 Å². The molecule has 0 fully saturated rings. The Bertz CT molecular complexity index is 447. The first-order chi connectivity index (χ1) is 8.78. The maximum Gasteiger partial charge on any atom is 0.118 e. The van der Waals surface area contributed by atoms with Gasteiger partial charge in [0.15, 0.2) is 0 Å². The molecule has 0 bridgehead atoms. The summed E-state index contributed by atoms with van der Waals surface area (Å²) in [7, 11) is 2.11. The van der Waals surface area contributed by atoms with Crippen molar-refractivity contribution in [3.8, 4) is 0 Å². The fourth-order valence-corrected chi connectivity index (χ4v) is 1.94. The first-order valence-electron chi connectivity index (χ1n) is 6.50. The van der Waals surface area contributed by atoms with Crippen molar-refractivity contribution < 1.29 is 4.42 Å². The molecule has 0 aromatic carbocycles. The molecule has 0 aliphatic rings. The summed E-state index contributed by atoms with van der Waals surface area (Å²) in [6.07, 6.45) is 7.80. The zero-order chi connectivity index (χ0) is 12.8. The summed E-state index contributed by atoms with van der Waals surface area (Å²) in [6, 6.07) is 4.17. The minimum Gasteiger partial charge on any atom is -0.465 e. The van der Waals surface area contributed by atoms with Gasteiger partial charge in [-0.3, -0.25) is 4.90 Å². The largest absolute Gasteiger partial charge is 0.465 e. The van der Waals surface area contributed by atoms with E-state index < -0.39 is 0 Å². The molecule has 0 aliphatic carbocycles. The van der Waals surface area contributed by atoms with E-state index >= 15 is 0 Å². The number of likely N-dealkylation sites (N-methyl/N-ethyl adjacent to an activating group) is 1. The summed E-state index contributed by atoms with van der Waals surface area (Å²) in [5.41, 5.74) is 0. The average molecular weight is 247 g/mol. The van der Waals surface area contributed by atoms with Gasteiger partial charge >= 0.3 is 0 Å². The third kappa shape index (κ3) is 3.74. The fraction of sp³-hybridized carbons (Fsp3) is 0.500. The van der Waals surface area contributed by atoms with Gasteiger partial charge in [-0.25, -0.2) is 4.98 Å². The molecule has 0 saturated carbocycles. The van der Waals surface area contributed by atoms with E-state index in [9.17, 15) is 0 Å². The van der Waals surface area contributed by atoms with Crippen LogP contribution >= 0.6 is 0 Å². The Labute approximate surface area is 108 Å². The average Bonchev–Trinajstić information content (AvgIpc) is 2.99. The van der Waals surface area contributed by atoms with Crippen molar-refractivity contribution in [1.29, 1.82) is 0 Å². The summed E-state index contributed by atoms with van der Waals surface area (Å²) in [5.74, 6) is 2.14. The molecule has 4 nitrogen and oxygen atoms in total. The van der Waals surface area contributed by atoms with Crippen LogP contribution in [0.3, 0.4) is 0 Å².